The molecule has 0 spiro atoms. The number of amides is 1. The molecule has 7 heteroatoms. The Kier molecular flexibility index (Phi) is 4.19. The summed E-state index contributed by atoms with van der Waals surface area (Å²) in [5.41, 5.74) is 5.25. The molecule has 0 aromatic heterocycles. The van der Waals surface area contributed by atoms with Gasteiger partial charge in [0.15, 0.2) is 0 Å². The van der Waals surface area contributed by atoms with E-state index in [1.807, 2.05) is 0 Å². The number of hydrogen-bond donors (Lipinski definition) is 1. The largest absolute Gasteiger partial charge is 0.393 e. The van der Waals surface area contributed by atoms with Gasteiger partial charge in [-0.1, -0.05) is 6.07 Å². The Bertz CT molecular complexity index is 526. The molecule has 1 saturated heterocycles. The zero-order valence-corrected chi connectivity index (χ0v) is 11.2. The van der Waals surface area contributed by atoms with Gasteiger partial charge >= 0.3 is 5.69 Å². The van der Waals surface area contributed by atoms with E-state index >= 15 is 0 Å². The van der Waals surface area contributed by atoms with Crippen molar-refractivity contribution in [2.75, 3.05) is 25.9 Å². The third-order valence-corrected chi connectivity index (χ3v) is 3.33. The predicted octanol–water partition coefficient (Wildman–Crippen LogP) is 1.43. The van der Waals surface area contributed by atoms with E-state index in [0.717, 1.165) is 12.8 Å². The molecule has 0 saturated carbocycles. The Balaban J connectivity index is 2.19. The third kappa shape index (κ3) is 2.88. The van der Waals surface area contributed by atoms with E-state index in [0.29, 0.717) is 13.2 Å². The summed E-state index contributed by atoms with van der Waals surface area (Å²) in [4.78, 5) is 24.2. The Morgan fingerprint density at radius 1 is 1.60 bits per heavy atom. The maximum atomic E-state index is 12.3. The van der Waals surface area contributed by atoms with Crippen LogP contribution in [0.1, 0.15) is 23.2 Å². The van der Waals surface area contributed by atoms with Crippen LogP contribution in [0.3, 0.4) is 0 Å². The van der Waals surface area contributed by atoms with Crippen LogP contribution in [0.2, 0.25) is 0 Å². The van der Waals surface area contributed by atoms with Crippen molar-refractivity contribution in [3.63, 3.8) is 0 Å². The van der Waals surface area contributed by atoms with Gasteiger partial charge in [0.05, 0.1) is 11.0 Å². The Labute approximate surface area is 116 Å². The molecule has 20 heavy (non-hydrogen) atoms. The van der Waals surface area contributed by atoms with Crippen molar-refractivity contribution in [3.05, 3.63) is 33.9 Å². The molecule has 1 aliphatic heterocycles. The number of carbonyl (C=O) groups excluding carboxylic acids is 1. The van der Waals surface area contributed by atoms with Crippen molar-refractivity contribution in [2.45, 2.75) is 18.9 Å². The molecule has 1 aromatic carbocycles. The van der Waals surface area contributed by atoms with Gasteiger partial charge in [0.2, 0.25) is 0 Å². The van der Waals surface area contributed by atoms with Gasteiger partial charge in [0.1, 0.15) is 11.3 Å². The second-order valence-electron chi connectivity index (χ2n) is 4.82. The molecule has 1 aliphatic rings. The highest BCUT2D eigenvalue weighted by Crippen LogP contribution is 2.27. The lowest BCUT2D eigenvalue weighted by molar-refractivity contribution is -0.384. The van der Waals surface area contributed by atoms with Crippen molar-refractivity contribution in [2.24, 2.45) is 0 Å². The number of carbonyl (C=O) groups is 1. The van der Waals surface area contributed by atoms with Crippen LogP contribution in [-0.4, -0.2) is 42.0 Å². The topological polar surface area (TPSA) is 98.7 Å². The van der Waals surface area contributed by atoms with E-state index in [1.54, 1.807) is 7.05 Å². The lowest BCUT2D eigenvalue weighted by atomic mass is 10.1. The quantitative estimate of drug-likeness (QED) is 0.510. The molecule has 1 heterocycles. The highest BCUT2D eigenvalue weighted by atomic mass is 16.6. The minimum atomic E-state index is -0.623. The lowest BCUT2D eigenvalue weighted by Gasteiger charge is -2.20. The first-order valence-corrected chi connectivity index (χ1v) is 6.40. The molecule has 0 radical (unpaired) electrons. The molecule has 108 valence electrons. The van der Waals surface area contributed by atoms with E-state index in [4.69, 9.17) is 10.5 Å². The Morgan fingerprint density at radius 3 is 2.95 bits per heavy atom. The SMILES string of the molecule is CN(CC1CCCO1)C(=O)c1cccc(N)c1[N+](=O)[O-]. The Morgan fingerprint density at radius 2 is 2.35 bits per heavy atom. The lowest BCUT2D eigenvalue weighted by Crippen LogP contribution is -2.34. The van der Waals surface area contributed by atoms with Crippen LogP contribution >= 0.6 is 0 Å². The summed E-state index contributed by atoms with van der Waals surface area (Å²) in [6.07, 6.45) is 1.88. The van der Waals surface area contributed by atoms with Gasteiger partial charge in [-0.15, -0.1) is 0 Å². The summed E-state index contributed by atoms with van der Waals surface area (Å²) in [5.74, 6) is -0.417. The van der Waals surface area contributed by atoms with Gasteiger partial charge in [0.25, 0.3) is 5.91 Å². The number of nitro groups is 1. The fraction of sp³-hybridized carbons (Fsp3) is 0.462. The van der Waals surface area contributed by atoms with Crippen molar-refractivity contribution in [1.82, 2.24) is 4.90 Å². The highest BCUT2D eigenvalue weighted by Gasteiger charge is 2.27. The zero-order chi connectivity index (χ0) is 14.7. The molecule has 1 amide bonds. The number of benzene rings is 1. The molecule has 1 unspecified atom stereocenters. The van der Waals surface area contributed by atoms with Crippen LogP contribution in [0.5, 0.6) is 0 Å². The second kappa shape index (κ2) is 5.87. The summed E-state index contributed by atoms with van der Waals surface area (Å²) < 4.78 is 5.46. The van der Waals surface area contributed by atoms with E-state index in [-0.39, 0.29) is 23.0 Å². The maximum absolute atomic E-state index is 12.3. The molecular formula is C13H17N3O4. The molecule has 2 N–H and O–H groups in total. The summed E-state index contributed by atoms with van der Waals surface area (Å²) in [7, 11) is 1.61. The van der Waals surface area contributed by atoms with Crippen molar-refractivity contribution in [1.29, 1.82) is 0 Å². The first-order chi connectivity index (χ1) is 9.50. The number of likely N-dealkylation sites (N-methyl/N-ethyl adjacent to an activating group) is 1. The highest BCUT2D eigenvalue weighted by molar-refractivity contribution is 6.00. The molecule has 0 bridgehead atoms. The molecule has 1 aromatic rings. The predicted molar refractivity (Wildman–Crippen MR) is 73.4 cm³/mol. The van der Waals surface area contributed by atoms with E-state index < -0.39 is 10.8 Å². The fourth-order valence-corrected chi connectivity index (χ4v) is 2.32. The first kappa shape index (κ1) is 14.3. The van der Waals surface area contributed by atoms with Crippen molar-refractivity contribution in [3.8, 4) is 0 Å². The average molecular weight is 279 g/mol. The first-order valence-electron chi connectivity index (χ1n) is 6.40. The number of rotatable bonds is 4. The van der Waals surface area contributed by atoms with Gasteiger partial charge < -0.3 is 15.4 Å². The summed E-state index contributed by atoms with van der Waals surface area (Å²) in [6, 6.07) is 4.37. The minimum absolute atomic E-state index is 0.00376. The maximum Gasteiger partial charge on any atom is 0.304 e. The number of hydrogen-bond acceptors (Lipinski definition) is 5. The van der Waals surface area contributed by atoms with Crippen LogP contribution in [0.15, 0.2) is 18.2 Å². The number of para-hydroxylation sites is 1. The monoisotopic (exact) mass is 279 g/mol. The normalized spacial score (nSPS) is 17.9. The van der Waals surface area contributed by atoms with Crippen LogP contribution in [-0.2, 0) is 4.74 Å². The minimum Gasteiger partial charge on any atom is -0.393 e. The van der Waals surface area contributed by atoms with Crippen LogP contribution < -0.4 is 5.73 Å². The summed E-state index contributed by atoms with van der Waals surface area (Å²) in [6.45, 7) is 1.12. The molecule has 0 aliphatic carbocycles. The third-order valence-electron chi connectivity index (χ3n) is 3.33. The molecule has 2 rings (SSSR count). The van der Waals surface area contributed by atoms with Gasteiger partial charge in [-0.05, 0) is 25.0 Å². The number of ether oxygens (including phenoxy) is 1. The Hall–Kier alpha value is -2.15. The van der Waals surface area contributed by atoms with Gasteiger partial charge in [-0.3, -0.25) is 14.9 Å². The van der Waals surface area contributed by atoms with Crippen molar-refractivity contribution < 1.29 is 14.5 Å². The number of nitro benzene ring substituents is 1. The molecule has 1 fully saturated rings. The standard InChI is InChI=1S/C13H17N3O4/c1-15(8-9-4-3-7-20-9)13(17)10-5-2-6-11(14)12(10)16(18)19/h2,5-6,9H,3-4,7-8,14H2,1H3. The zero-order valence-electron chi connectivity index (χ0n) is 11.2. The van der Waals surface area contributed by atoms with Gasteiger partial charge in [0, 0.05) is 20.2 Å². The number of nitrogens with two attached hydrogens (primary N) is 1. The van der Waals surface area contributed by atoms with E-state index in [2.05, 4.69) is 0 Å². The van der Waals surface area contributed by atoms with E-state index in [1.165, 1.54) is 23.1 Å². The van der Waals surface area contributed by atoms with Gasteiger partial charge in [-0.2, -0.15) is 0 Å². The number of nitrogen functional groups attached to an aromatic ring is 1. The van der Waals surface area contributed by atoms with E-state index in [9.17, 15) is 14.9 Å². The number of nitrogens with zero attached hydrogens (tertiary/aromatic N) is 2. The number of anilines is 1. The molecule has 7 nitrogen and oxygen atoms in total. The van der Waals surface area contributed by atoms with Crippen molar-refractivity contribution >= 4 is 17.3 Å². The summed E-state index contributed by atoms with van der Waals surface area (Å²) >= 11 is 0. The van der Waals surface area contributed by atoms with Crippen LogP contribution in [0.25, 0.3) is 0 Å². The smallest absolute Gasteiger partial charge is 0.304 e. The fourth-order valence-electron chi connectivity index (χ4n) is 2.32. The van der Waals surface area contributed by atoms with Crippen LogP contribution in [0, 0.1) is 10.1 Å². The average Bonchev–Trinajstić information content (AvgIpc) is 2.89. The second-order valence-corrected chi connectivity index (χ2v) is 4.82. The van der Waals surface area contributed by atoms with Crippen LogP contribution in [0.4, 0.5) is 11.4 Å². The summed E-state index contributed by atoms with van der Waals surface area (Å²) in [5, 5.41) is 11.0. The molecular weight excluding hydrogens is 262 g/mol. The molecule has 1 atom stereocenters. The van der Waals surface area contributed by atoms with Gasteiger partial charge in [-0.25, -0.2) is 0 Å².